The lowest BCUT2D eigenvalue weighted by Crippen LogP contribution is -2.14. The molecule has 0 radical (unpaired) electrons. The maximum Gasteiger partial charge on any atom is 0.255 e. The van der Waals surface area contributed by atoms with E-state index in [0.717, 1.165) is 23.2 Å². The van der Waals surface area contributed by atoms with Crippen molar-refractivity contribution in [3.8, 4) is 5.75 Å². The Balaban J connectivity index is 1.71. The molecule has 1 amide bonds. The minimum Gasteiger partial charge on any atom is -0.489 e. The minimum atomic E-state index is -0.129. The molecule has 0 saturated carbocycles. The smallest absolute Gasteiger partial charge is 0.255 e. The van der Waals surface area contributed by atoms with Gasteiger partial charge in [-0.1, -0.05) is 68.4 Å². The summed E-state index contributed by atoms with van der Waals surface area (Å²) in [4.78, 5) is 12.7. The lowest BCUT2D eigenvalue weighted by atomic mass is 9.97. The van der Waals surface area contributed by atoms with Gasteiger partial charge in [0.2, 0.25) is 0 Å². The van der Waals surface area contributed by atoms with Crippen LogP contribution in [0.1, 0.15) is 47.7 Å². The van der Waals surface area contributed by atoms with Crippen molar-refractivity contribution in [1.82, 2.24) is 0 Å². The number of ether oxygens (including phenoxy) is 1. The van der Waals surface area contributed by atoms with Crippen molar-refractivity contribution < 1.29 is 9.53 Å². The maximum atomic E-state index is 12.7. The van der Waals surface area contributed by atoms with Crippen LogP contribution >= 0.6 is 0 Å². The normalized spacial score (nSPS) is 11.6. The van der Waals surface area contributed by atoms with Crippen LogP contribution in [0.3, 0.4) is 0 Å². The van der Waals surface area contributed by atoms with Crippen molar-refractivity contribution in [2.75, 3.05) is 5.32 Å². The summed E-state index contributed by atoms with van der Waals surface area (Å²) >= 11 is 0. The lowest BCUT2D eigenvalue weighted by Gasteiger charge is -2.16. The van der Waals surface area contributed by atoms with E-state index in [1.165, 1.54) is 0 Å². The van der Waals surface area contributed by atoms with Crippen molar-refractivity contribution in [2.24, 2.45) is 0 Å². The molecule has 0 unspecified atom stereocenters. The van der Waals surface area contributed by atoms with E-state index in [2.05, 4.69) is 25.2 Å². The Morgan fingerprint density at radius 3 is 2.48 bits per heavy atom. The van der Waals surface area contributed by atoms with Gasteiger partial charge in [-0.25, -0.2) is 0 Å². The molecule has 27 heavy (non-hydrogen) atoms. The zero-order valence-corrected chi connectivity index (χ0v) is 15.8. The molecule has 0 spiro atoms. The van der Waals surface area contributed by atoms with Crippen LogP contribution < -0.4 is 10.1 Å². The number of anilines is 1. The number of amides is 1. The highest BCUT2D eigenvalue weighted by atomic mass is 16.5. The second-order valence-corrected chi connectivity index (χ2v) is 6.65. The predicted octanol–water partition coefficient (Wildman–Crippen LogP) is 6.03. The third kappa shape index (κ3) is 4.98. The van der Waals surface area contributed by atoms with Gasteiger partial charge in [-0.15, -0.1) is 0 Å². The van der Waals surface area contributed by atoms with Gasteiger partial charge in [0, 0.05) is 11.3 Å². The van der Waals surface area contributed by atoms with Gasteiger partial charge in [-0.3, -0.25) is 4.79 Å². The topological polar surface area (TPSA) is 38.3 Å². The van der Waals surface area contributed by atoms with Gasteiger partial charge in [0.05, 0.1) is 0 Å². The second-order valence-electron chi connectivity index (χ2n) is 6.65. The standard InChI is InChI=1S/C24H25NO2/c1-3-18(2)22-14-7-8-15-23(22)25-24(26)20-12-9-13-21(16-20)27-17-19-10-5-4-6-11-19/h4-16,18H,3,17H2,1-2H3,(H,25,26)/t18-/m1/s1. The molecule has 138 valence electrons. The Bertz CT molecular complexity index is 890. The van der Waals surface area contributed by atoms with Crippen LogP contribution in [0.2, 0.25) is 0 Å². The highest BCUT2D eigenvalue weighted by molar-refractivity contribution is 6.04. The Morgan fingerprint density at radius 2 is 1.70 bits per heavy atom. The summed E-state index contributed by atoms with van der Waals surface area (Å²) in [5.41, 5.74) is 3.70. The van der Waals surface area contributed by atoms with E-state index < -0.39 is 0 Å². The third-order valence-electron chi connectivity index (χ3n) is 4.70. The van der Waals surface area contributed by atoms with Crippen LogP contribution in [-0.2, 0) is 6.61 Å². The molecule has 0 aliphatic carbocycles. The van der Waals surface area contributed by atoms with Crippen molar-refractivity contribution in [2.45, 2.75) is 32.8 Å². The summed E-state index contributed by atoms with van der Waals surface area (Å²) in [7, 11) is 0. The van der Waals surface area contributed by atoms with Gasteiger partial charge in [0.1, 0.15) is 12.4 Å². The highest BCUT2D eigenvalue weighted by Gasteiger charge is 2.13. The van der Waals surface area contributed by atoms with Crippen LogP contribution in [0.4, 0.5) is 5.69 Å². The monoisotopic (exact) mass is 359 g/mol. The first-order valence-corrected chi connectivity index (χ1v) is 9.34. The molecule has 3 aromatic carbocycles. The van der Waals surface area contributed by atoms with Crippen LogP contribution in [-0.4, -0.2) is 5.91 Å². The molecule has 0 fully saturated rings. The van der Waals surface area contributed by atoms with E-state index in [4.69, 9.17) is 4.74 Å². The Hall–Kier alpha value is -3.07. The maximum absolute atomic E-state index is 12.7. The number of hydrogen-bond donors (Lipinski definition) is 1. The van der Waals surface area contributed by atoms with Crippen molar-refractivity contribution in [3.63, 3.8) is 0 Å². The van der Waals surface area contributed by atoms with Gasteiger partial charge in [0.15, 0.2) is 0 Å². The van der Waals surface area contributed by atoms with Crippen LogP contribution in [0.25, 0.3) is 0 Å². The number of nitrogens with one attached hydrogen (secondary N) is 1. The fourth-order valence-electron chi connectivity index (χ4n) is 2.92. The number of rotatable bonds is 7. The second kappa shape index (κ2) is 9.04. The summed E-state index contributed by atoms with van der Waals surface area (Å²) < 4.78 is 5.83. The molecule has 0 aromatic heterocycles. The van der Waals surface area contributed by atoms with Gasteiger partial charge < -0.3 is 10.1 Å². The van der Waals surface area contributed by atoms with Gasteiger partial charge in [-0.2, -0.15) is 0 Å². The van der Waals surface area contributed by atoms with E-state index in [0.29, 0.717) is 23.8 Å². The molecule has 0 aliphatic rings. The Kier molecular flexibility index (Phi) is 6.26. The number of benzene rings is 3. The molecule has 3 aromatic rings. The van der Waals surface area contributed by atoms with E-state index in [-0.39, 0.29) is 5.91 Å². The quantitative estimate of drug-likeness (QED) is 0.559. The molecule has 3 heteroatoms. The SMILES string of the molecule is CC[C@@H](C)c1ccccc1NC(=O)c1cccc(OCc2ccccc2)c1. The summed E-state index contributed by atoms with van der Waals surface area (Å²) in [5, 5.41) is 3.05. The number of carbonyl (C=O) groups is 1. The molecule has 0 saturated heterocycles. The molecule has 1 N–H and O–H groups in total. The molecular formula is C24H25NO2. The first-order chi connectivity index (χ1) is 13.2. The summed E-state index contributed by atoms with van der Waals surface area (Å²) in [6, 6.07) is 25.3. The first-order valence-electron chi connectivity index (χ1n) is 9.34. The van der Waals surface area contributed by atoms with Gasteiger partial charge in [-0.05, 0) is 47.7 Å². The first kappa shape index (κ1) is 18.7. The minimum absolute atomic E-state index is 0.129. The number of carbonyl (C=O) groups excluding carboxylic acids is 1. The predicted molar refractivity (Wildman–Crippen MR) is 110 cm³/mol. The fourth-order valence-corrected chi connectivity index (χ4v) is 2.92. The molecule has 3 rings (SSSR count). The van der Waals surface area contributed by atoms with Crippen molar-refractivity contribution in [1.29, 1.82) is 0 Å². The summed E-state index contributed by atoms with van der Waals surface area (Å²) in [6.07, 6.45) is 1.02. The van der Waals surface area contributed by atoms with E-state index in [1.807, 2.05) is 60.7 Å². The summed E-state index contributed by atoms with van der Waals surface area (Å²) in [5.74, 6) is 0.944. The average molecular weight is 359 g/mol. The van der Waals surface area contributed by atoms with Crippen molar-refractivity contribution >= 4 is 11.6 Å². The zero-order valence-electron chi connectivity index (χ0n) is 15.8. The van der Waals surface area contributed by atoms with E-state index >= 15 is 0 Å². The number of para-hydroxylation sites is 1. The molecule has 1 atom stereocenters. The fraction of sp³-hybridized carbons (Fsp3) is 0.208. The summed E-state index contributed by atoms with van der Waals surface area (Å²) in [6.45, 7) is 4.79. The lowest BCUT2D eigenvalue weighted by molar-refractivity contribution is 0.102. The Morgan fingerprint density at radius 1 is 0.963 bits per heavy atom. The molecule has 3 nitrogen and oxygen atoms in total. The average Bonchev–Trinajstić information content (AvgIpc) is 2.73. The van der Waals surface area contributed by atoms with Crippen LogP contribution in [0.15, 0.2) is 78.9 Å². The van der Waals surface area contributed by atoms with Gasteiger partial charge >= 0.3 is 0 Å². The molecule has 0 bridgehead atoms. The Labute approximate surface area is 161 Å². The number of hydrogen-bond acceptors (Lipinski definition) is 2. The third-order valence-corrected chi connectivity index (χ3v) is 4.70. The van der Waals surface area contributed by atoms with Crippen molar-refractivity contribution in [3.05, 3.63) is 95.6 Å². The largest absolute Gasteiger partial charge is 0.489 e. The van der Waals surface area contributed by atoms with Gasteiger partial charge in [0.25, 0.3) is 5.91 Å². The van der Waals surface area contributed by atoms with Crippen LogP contribution in [0, 0.1) is 0 Å². The highest BCUT2D eigenvalue weighted by Crippen LogP contribution is 2.27. The molecular weight excluding hydrogens is 334 g/mol. The molecule has 0 heterocycles. The van der Waals surface area contributed by atoms with E-state index in [9.17, 15) is 4.79 Å². The van der Waals surface area contributed by atoms with E-state index in [1.54, 1.807) is 12.1 Å². The van der Waals surface area contributed by atoms with Crippen LogP contribution in [0.5, 0.6) is 5.75 Å². The zero-order chi connectivity index (χ0) is 19.1. The molecule has 0 aliphatic heterocycles.